The quantitative estimate of drug-likeness (QED) is 0.197. The number of phosphoric ester groups is 1. The predicted molar refractivity (Wildman–Crippen MR) is 98.2 cm³/mol. The molecule has 0 aliphatic carbocycles. The Morgan fingerprint density at radius 1 is 0.786 bits per heavy atom. The number of hydrogen-bond acceptors (Lipinski definition) is 6. The van der Waals surface area contributed by atoms with Crippen LogP contribution in [0.3, 0.4) is 0 Å². The van der Waals surface area contributed by atoms with Gasteiger partial charge in [-0.05, 0) is 24.7 Å². The van der Waals surface area contributed by atoms with Crippen molar-refractivity contribution in [3.05, 3.63) is 0 Å². The maximum absolute atomic E-state index is 11.8. The summed E-state index contributed by atoms with van der Waals surface area (Å²) in [5.74, 6) is 0.607. The van der Waals surface area contributed by atoms with E-state index < -0.39 is 15.6 Å². The van der Waals surface area contributed by atoms with Gasteiger partial charge in [-0.25, -0.2) is 0 Å². The molecule has 0 heterocycles. The number of phosphoric acid groups is 2. The Labute approximate surface area is 256 Å². The molecule has 0 radical (unpaired) electrons. The minimum absolute atomic E-state index is 0. The summed E-state index contributed by atoms with van der Waals surface area (Å²) >= 11 is 0. The van der Waals surface area contributed by atoms with E-state index in [4.69, 9.17) is 28.3 Å². The van der Waals surface area contributed by atoms with Gasteiger partial charge in [-0.2, -0.15) is 0 Å². The molecule has 12 heteroatoms. The summed E-state index contributed by atoms with van der Waals surface area (Å²) in [5.41, 5.74) is 0. The van der Waals surface area contributed by atoms with Crippen LogP contribution in [0.15, 0.2) is 0 Å². The molecule has 0 rings (SSSR count). The molecule has 0 aromatic carbocycles. The molecule has 0 saturated carbocycles. The van der Waals surface area contributed by atoms with Gasteiger partial charge >= 0.3 is 103 Å². The Morgan fingerprint density at radius 3 is 1.29 bits per heavy atom. The first-order chi connectivity index (χ1) is 12.0. The zero-order chi connectivity index (χ0) is 20.6. The van der Waals surface area contributed by atoms with Crippen molar-refractivity contribution in [2.75, 3.05) is 13.2 Å². The maximum Gasteiger partial charge on any atom is 1.00 e. The zero-order valence-corrected chi connectivity index (χ0v) is 26.5. The van der Waals surface area contributed by atoms with E-state index in [0.717, 1.165) is 51.4 Å². The Kier molecular flexibility index (Phi) is 32.7. The third-order valence-corrected chi connectivity index (χ3v) is 4.95. The fourth-order valence-corrected chi connectivity index (χ4v) is 3.09. The van der Waals surface area contributed by atoms with Crippen molar-refractivity contribution < 1.29 is 141 Å². The van der Waals surface area contributed by atoms with Gasteiger partial charge in [0, 0.05) is 0 Å². The van der Waals surface area contributed by atoms with Crippen molar-refractivity contribution in [1.82, 2.24) is 0 Å². The van der Waals surface area contributed by atoms with Crippen molar-refractivity contribution in [2.24, 2.45) is 11.8 Å². The Hall–Kier alpha value is 3.49. The molecule has 0 amide bonds. The van der Waals surface area contributed by atoms with E-state index in [-0.39, 0.29) is 116 Å². The molecule has 0 aliphatic rings. The first kappa shape index (κ1) is 38.7. The SMILES string of the molecule is CCCCC(CC)COP(=O)([O-])OCC(CC)CCCC.O=P([O-])(O)O.[K+].[K+]. The molecule has 28 heavy (non-hydrogen) atoms. The third kappa shape index (κ3) is 31.7. The van der Waals surface area contributed by atoms with Crippen LogP contribution in [-0.2, 0) is 18.2 Å². The summed E-state index contributed by atoms with van der Waals surface area (Å²) in [5, 5.41) is 0. The molecule has 2 unspecified atom stereocenters. The van der Waals surface area contributed by atoms with Crippen LogP contribution in [0.1, 0.15) is 79.1 Å². The normalized spacial score (nSPS) is 15.1. The smallest absolute Gasteiger partial charge is 0.756 e. The fraction of sp³-hybridized carbons (Fsp3) is 1.00. The first-order valence-electron chi connectivity index (χ1n) is 9.35. The molecule has 0 bridgehead atoms. The van der Waals surface area contributed by atoms with Crippen LogP contribution in [-0.4, -0.2) is 23.0 Å². The monoisotopic (exact) mass is 496 g/mol. The second-order valence-corrected chi connectivity index (χ2v) is 8.75. The molecule has 8 nitrogen and oxygen atoms in total. The molecule has 160 valence electrons. The van der Waals surface area contributed by atoms with E-state index in [9.17, 15) is 9.46 Å². The third-order valence-electron chi connectivity index (χ3n) is 4.02. The summed E-state index contributed by atoms with van der Waals surface area (Å²) in [6.07, 6.45) is 8.38. The van der Waals surface area contributed by atoms with Gasteiger partial charge in [-0.3, -0.25) is 9.13 Å². The maximum atomic E-state index is 11.8. The van der Waals surface area contributed by atoms with Gasteiger partial charge in [-0.1, -0.05) is 66.2 Å². The average molecular weight is 497 g/mol. The number of rotatable bonds is 14. The van der Waals surface area contributed by atoms with Gasteiger partial charge < -0.3 is 28.6 Å². The van der Waals surface area contributed by atoms with Crippen molar-refractivity contribution in [3.63, 3.8) is 0 Å². The van der Waals surface area contributed by atoms with Crippen LogP contribution >= 0.6 is 15.6 Å². The molecule has 0 spiro atoms. The standard InChI is InChI=1S/C16H35O4P.2K.H3O4P/c1-5-9-11-15(7-3)13-19-21(17,18)20-14-16(8-4)12-10-6-2;;;1-5(2,3)4/h15-16H,5-14H2,1-4H3,(H,17,18);;;(H3,1,2,3,4)/q;2*+1;/p-2. The van der Waals surface area contributed by atoms with Gasteiger partial charge in [0.2, 0.25) is 0 Å². The van der Waals surface area contributed by atoms with Crippen LogP contribution in [0.5, 0.6) is 0 Å². The van der Waals surface area contributed by atoms with Crippen LogP contribution < -0.4 is 113 Å². The van der Waals surface area contributed by atoms with Crippen molar-refractivity contribution >= 4 is 15.6 Å². The summed E-state index contributed by atoms with van der Waals surface area (Å²) in [4.78, 5) is 34.7. The van der Waals surface area contributed by atoms with Crippen LogP contribution in [0.4, 0.5) is 0 Å². The minimum Gasteiger partial charge on any atom is -0.756 e. The summed E-state index contributed by atoms with van der Waals surface area (Å²) in [6.45, 7) is 8.91. The molecule has 0 aromatic rings. The van der Waals surface area contributed by atoms with Gasteiger partial charge in [0.05, 0.1) is 13.2 Å². The Bertz CT molecular complexity index is 391. The molecule has 2 N–H and O–H groups in total. The second-order valence-electron chi connectivity index (χ2n) is 6.36. The molecule has 0 aromatic heterocycles. The number of unbranched alkanes of at least 4 members (excludes halogenated alkanes) is 2. The summed E-state index contributed by atoms with van der Waals surface area (Å²) in [6, 6.07) is 0. The van der Waals surface area contributed by atoms with Gasteiger partial charge in [0.15, 0.2) is 0 Å². The van der Waals surface area contributed by atoms with E-state index in [0.29, 0.717) is 11.8 Å². The molecular weight excluding hydrogens is 460 g/mol. The topological polar surface area (TPSA) is 139 Å². The van der Waals surface area contributed by atoms with Gasteiger partial charge in [0.1, 0.15) is 0 Å². The average Bonchev–Trinajstić information content (AvgIpc) is 2.53. The number of hydrogen-bond donors (Lipinski definition) is 2. The van der Waals surface area contributed by atoms with Gasteiger partial charge in [0.25, 0.3) is 15.6 Å². The van der Waals surface area contributed by atoms with E-state index in [1.165, 1.54) is 0 Å². The predicted octanol–water partition coefficient (Wildman–Crippen LogP) is -2.63. The summed E-state index contributed by atoms with van der Waals surface area (Å²) in [7, 11) is -9.03. The van der Waals surface area contributed by atoms with Crippen molar-refractivity contribution in [1.29, 1.82) is 0 Å². The molecule has 0 fully saturated rings. The van der Waals surface area contributed by atoms with E-state index in [2.05, 4.69) is 27.7 Å². The van der Waals surface area contributed by atoms with Crippen LogP contribution in [0, 0.1) is 11.8 Å². The van der Waals surface area contributed by atoms with Crippen LogP contribution in [0.25, 0.3) is 0 Å². The summed E-state index contributed by atoms with van der Waals surface area (Å²) < 4.78 is 30.7. The van der Waals surface area contributed by atoms with Crippen molar-refractivity contribution in [2.45, 2.75) is 79.1 Å². The molecule has 2 atom stereocenters. The largest absolute Gasteiger partial charge is 1.00 e. The first-order valence-corrected chi connectivity index (χ1v) is 12.3. The van der Waals surface area contributed by atoms with Crippen LogP contribution in [0.2, 0.25) is 0 Å². The Balaban J connectivity index is -0.000000364. The van der Waals surface area contributed by atoms with E-state index in [1.807, 2.05) is 0 Å². The zero-order valence-electron chi connectivity index (χ0n) is 18.5. The second kappa shape index (κ2) is 23.6. The van der Waals surface area contributed by atoms with Crippen molar-refractivity contribution in [3.8, 4) is 0 Å². The van der Waals surface area contributed by atoms with E-state index >= 15 is 0 Å². The van der Waals surface area contributed by atoms with Gasteiger partial charge in [-0.15, -0.1) is 0 Å². The Morgan fingerprint density at radius 2 is 1.07 bits per heavy atom. The molecule has 0 saturated heterocycles. The van der Waals surface area contributed by atoms with E-state index in [1.54, 1.807) is 0 Å². The minimum atomic E-state index is -4.89. The molecule has 0 aliphatic heterocycles. The molecular formula is C16H36K2O8P2. The fourth-order valence-electron chi connectivity index (χ4n) is 2.23.